The minimum Gasteiger partial charge on any atom is -0.346 e. The predicted molar refractivity (Wildman–Crippen MR) is 85.1 cm³/mol. The van der Waals surface area contributed by atoms with Crippen molar-refractivity contribution in [3.05, 3.63) is 66.1 Å². The number of pyridine rings is 1. The fourth-order valence-corrected chi connectivity index (χ4v) is 2.78. The third-order valence-electron chi connectivity index (χ3n) is 4.15. The highest BCUT2D eigenvalue weighted by Gasteiger charge is 2.20. The number of hydrogen-bond donors (Lipinski definition) is 1. The van der Waals surface area contributed by atoms with E-state index in [9.17, 15) is 0 Å². The van der Waals surface area contributed by atoms with Crippen LogP contribution in [0.25, 0.3) is 10.9 Å². The Bertz CT molecular complexity index is 751. The molecule has 1 aromatic carbocycles. The first-order valence-electron chi connectivity index (χ1n) is 7.60. The molecule has 4 rings (SSSR count). The van der Waals surface area contributed by atoms with Gasteiger partial charge in [-0.3, -0.25) is 4.98 Å². The molecule has 1 aliphatic rings. The van der Waals surface area contributed by atoms with Gasteiger partial charge in [0.05, 0.1) is 5.52 Å². The number of aromatic nitrogens is 2. The van der Waals surface area contributed by atoms with Crippen molar-refractivity contribution in [2.45, 2.75) is 32.0 Å². The molecule has 2 aromatic heterocycles. The second kappa shape index (κ2) is 5.34. The van der Waals surface area contributed by atoms with Crippen LogP contribution in [0.3, 0.4) is 0 Å². The molecular weight excluding hydrogens is 258 g/mol. The minimum atomic E-state index is 0.745. The standard InChI is InChI=1S/C18H19N3/c1-2-6-18-17(5-1)14(9-10-19-18)13-21-11-3-4-16(21)12-20-15-7-8-15/h1-6,9-11,15,20H,7-8,12-13H2. The van der Waals surface area contributed by atoms with E-state index in [0.717, 1.165) is 24.6 Å². The van der Waals surface area contributed by atoms with Crippen molar-refractivity contribution >= 4 is 10.9 Å². The Balaban J connectivity index is 1.61. The summed E-state index contributed by atoms with van der Waals surface area (Å²) in [5.74, 6) is 0. The van der Waals surface area contributed by atoms with Crippen LogP contribution in [0.4, 0.5) is 0 Å². The number of nitrogens with one attached hydrogen (secondary N) is 1. The van der Waals surface area contributed by atoms with E-state index in [1.807, 2.05) is 12.3 Å². The third-order valence-corrected chi connectivity index (χ3v) is 4.15. The molecule has 3 aromatic rings. The van der Waals surface area contributed by atoms with E-state index in [2.05, 4.69) is 57.5 Å². The van der Waals surface area contributed by atoms with Gasteiger partial charge in [0.15, 0.2) is 0 Å². The van der Waals surface area contributed by atoms with Crippen LogP contribution in [-0.2, 0) is 13.1 Å². The number of fused-ring (bicyclic) bond motifs is 1. The summed E-state index contributed by atoms with van der Waals surface area (Å²) in [7, 11) is 0. The summed E-state index contributed by atoms with van der Waals surface area (Å²) in [6.45, 7) is 1.86. The third kappa shape index (κ3) is 2.69. The highest BCUT2D eigenvalue weighted by atomic mass is 15.0. The fraction of sp³-hybridized carbons (Fsp3) is 0.278. The molecule has 2 heterocycles. The van der Waals surface area contributed by atoms with Crippen LogP contribution in [0.15, 0.2) is 54.9 Å². The zero-order chi connectivity index (χ0) is 14.1. The zero-order valence-corrected chi connectivity index (χ0v) is 12.0. The Morgan fingerprint density at radius 3 is 2.90 bits per heavy atom. The predicted octanol–water partition coefficient (Wildman–Crippen LogP) is 3.34. The second-order valence-electron chi connectivity index (χ2n) is 5.77. The molecule has 0 unspecified atom stereocenters. The molecular formula is C18H19N3. The van der Waals surface area contributed by atoms with Gasteiger partial charge >= 0.3 is 0 Å². The molecule has 0 amide bonds. The van der Waals surface area contributed by atoms with E-state index in [-0.39, 0.29) is 0 Å². The Kier molecular flexibility index (Phi) is 3.20. The lowest BCUT2D eigenvalue weighted by Crippen LogP contribution is -2.18. The van der Waals surface area contributed by atoms with Gasteiger partial charge in [0.1, 0.15) is 0 Å². The molecule has 0 aliphatic heterocycles. The van der Waals surface area contributed by atoms with Crippen molar-refractivity contribution in [3.63, 3.8) is 0 Å². The molecule has 0 spiro atoms. The van der Waals surface area contributed by atoms with Gasteiger partial charge < -0.3 is 9.88 Å². The molecule has 3 heteroatoms. The van der Waals surface area contributed by atoms with E-state index >= 15 is 0 Å². The molecule has 0 saturated heterocycles. The van der Waals surface area contributed by atoms with E-state index < -0.39 is 0 Å². The summed E-state index contributed by atoms with van der Waals surface area (Å²) in [4.78, 5) is 4.44. The van der Waals surface area contributed by atoms with Gasteiger partial charge in [0.2, 0.25) is 0 Å². The average Bonchev–Trinajstić information content (AvgIpc) is 3.25. The van der Waals surface area contributed by atoms with Crippen LogP contribution in [0.2, 0.25) is 0 Å². The Morgan fingerprint density at radius 2 is 2.00 bits per heavy atom. The summed E-state index contributed by atoms with van der Waals surface area (Å²) in [5, 5.41) is 4.83. The van der Waals surface area contributed by atoms with Gasteiger partial charge in [0.25, 0.3) is 0 Å². The van der Waals surface area contributed by atoms with Crippen molar-refractivity contribution in [2.75, 3.05) is 0 Å². The quantitative estimate of drug-likeness (QED) is 0.775. The molecule has 0 bridgehead atoms. The zero-order valence-electron chi connectivity index (χ0n) is 12.0. The molecule has 1 fully saturated rings. The normalized spacial score (nSPS) is 14.7. The van der Waals surface area contributed by atoms with Crippen molar-refractivity contribution in [1.29, 1.82) is 0 Å². The smallest absolute Gasteiger partial charge is 0.0705 e. The molecule has 0 radical (unpaired) electrons. The SMILES string of the molecule is c1ccc2c(Cn3cccc3CNC3CC3)ccnc2c1. The van der Waals surface area contributed by atoms with Gasteiger partial charge in [-0.2, -0.15) is 0 Å². The summed E-state index contributed by atoms with van der Waals surface area (Å²) in [6, 6.07) is 15.6. The van der Waals surface area contributed by atoms with Crippen molar-refractivity contribution in [2.24, 2.45) is 0 Å². The lowest BCUT2D eigenvalue weighted by atomic mass is 10.1. The first-order chi connectivity index (χ1) is 10.4. The van der Waals surface area contributed by atoms with Gasteiger partial charge in [-0.15, -0.1) is 0 Å². The molecule has 1 saturated carbocycles. The lowest BCUT2D eigenvalue weighted by molar-refractivity contribution is 0.635. The maximum absolute atomic E-state index is 4.44. The second-order valence-corrected chi connectivity index (χ2v) is 5.77. The van der Waals surface area contributed by atoms with Crippen molar-refractivity contribution in [3.8, 4) is 0 Å². The first kappa shape index (κ1) is 12.6. The Morgan fingerprint density at radius 1 is 1.10 bits per heavy atom. The topological polar surface area (TPSA) is 29.9 Å². The highest BCUT2D eigenvalue weighted by molar-refractivity contribution is 5.81. The number of benzene rings is 1. The maximum Gasteiger partial charge on any atom is 0.0705 e. The van der Waals surface area contributed by atoms with Gasteiger partial charge in [-0.05, 0) is 42.7 Å². The van der Waals surface area contributed by atoms with Gasteiger partial charge in [-0.1, -0.05) is 18.2 Å². The minimum absolute atomic E-state index is 0.745. The van der Waals surface area contributed by atoms with E-state index in [0.29, 0.717) is 0 Å². The maximum atomic E-state index is 4.44. The van der Waals surface area contributed by atoms with Gasteiger partial charge in [0, 0.05) is 42.6 Å². The summed E-state index contributed by atoms with van der Waals surface area (Å²) < 4.78 is 2.33. The number of rotatable bonds is 5. The Labute approximate surface area is 124 Å². The van der Waals surface area contributed by atoms with Crippen LogP contribution in [-0.4, -0.2) is 15.6 Å². The molecule has 21 heavy (non-hydrogen) atoms. The average molecular weight is 277 g/mol. The molecule has 1 N–H and O–H groups in total. The van der Waals surface area contributed by atoms with Crippen molar-refractivity contribution in [1.82, 2.24) is 14.9 Å². The highest BCUT2D eigenvalue weighted by Crippen LogP contribution is 2.21. The molecule has 0 atom stereocenters. The number of para-hydroxylation sites is 1. The van der Waals surface area contributed by atoms with Crippen LogP contribution in [0, 0.1) is 0 Å². The monoisotopic (exact) mass is 277 g/mol. The molecule has 1 aliphatic carbocycles. The van der Waals surface area contributed by atoms with Crippen LogP contribution in [0.5, 0.6) is 0 Å². The van der Waals surface area contributed by atoms with E-state index in [1.165, 1.54) is 29.5 Å². The largest absolute Gasteiger partial charge is 0.346 e. The Hall–Kier alpha value is -2.13. The van der Waals surface area contributed by atoms with Crippen LogP contribution < -0.4 is 5.32 Å². The van der Waals surface area contributed by atoms with E-state index in [4.69, 9.17) is 0 Å². The van der Waals surface area contributed by atoms with Crippen molar-refractivity contribution < 1.29 is 0 Å². The number of nitrogens with zero attached hydrogens (tertiary/aromatic N) is 2. The first-order valence-corrected chi connectivity index (χ1v) is 7.60. The summed E-state index contributed by atoms with van der Waals surface area (Å²) >= 11 is 0. The van der Waals surface area contributed by atoms with Crippen LogP contribution >= 0.6 is 0 Å². The van der Waals surface area contributed by atoms with Crippen LogP contribution in [0.1, 0.15) is 24.1 Å². The molecule has 106 valence electrons. The van der Waals surface area contributed by atoms with Gasteiger partial charge in [-0.25, -0.2) is 0 Å². The number of hydrogen-bond acceptors (Lipinski definition) is 2. The van der Waals surface area contributed by atoms with E-state index in [1.54, 1.807) is 0 Å². The lowest BCUT2D eigenvalue weighted by Gasteiger charge is -2.12. The fourth-order valence-electron chi connectivity index (χ4n) is 2.78. The summed E-state index contributed by atoms with van der Waals surface area (Å²) in [6.07, 6.45) is 6.73. The summed E-state index contributed by atoms with van der Waals surface area (Å²) in [5.41, 5.74) is 3.74. The molecule has 3 nitrogen and oxygen atoms in total.